The van der Waals surface area contributed by atoms with Crippen molar-refractivity contribution in [3.8, 4) is 0 Å². The minimum Gasteiger partial charge on any atom is -0.480 e. The van der Waals surface area contributed by atoms with Crippen LogP contribution in [-0.2, 0) is 14.4 Å². The minimum absolute atomic E-state index is 0.0571. The number of likely N-dealkylation sites (tertiary alicyclic amines) is 1. The summed E-state index contributed by atoms with van der Waals surface area (Å²) in [7, 11) is 0. The lowest BCUT2D eigenvalue weighted by atomic mass is 9.96. The molecule has 1 aliphatic rings. The minimum atomic E-state index is -1.08. The second kappa shape index (κ2) is 6.92. The number of aliphatic carboxylic acids is 1. The number of amides is 2. The van der Waals surface area contributed by atoms with Gasteiger partial charge in [-0.2, -0.15) is 0 Å². The fraction of sp³-hybridized carbons (Fsp3) is 0.615. The van der Waals surface area contributed by atoms with Crippen LogP contribution in [0.4, 0.5) is 0 Å². The second-order valence-corrected chi connectivity index (χ2v) is 4.73. The van der Waals surface area contributed by atoms with Crippen molar-refractivity contribution in [3.63, 3.8) is 0 Å². The zero-order valence-electron chi connectivity index (χ0n) is 11.1. The number of piperidine rings is 1. The summed E-state index contributed by atoms with van der Waals surface area (Å²) in [6, 6.07) is -0.947. The van der Waals surface area contributed by atoms with Crippen LogP contribution in [0.5, 0.6) is 0 Å². The van der Waals surface area contributed by atoms with Crippen molar-refractivity contribution >= 4 is 17.8 Å². The van der Waals surface area contributed by atoms with E-state index in [4.69, 9.17) is 5.11 Å². The molecule has 1 saturated heterocycles. The van der Waals surface area contributed by atoms with Crippen molar-refractivity contribution in [2.75, 3.05) is 13.1 Å². The van der Waals surface area contributed by atoms with E-state index in [9.17, 15) is 14.4 Å². The third kappa shape index (κ3) is 4.39. The highest BCUT2D eigenvalue weighted by Crippen LogP contribution is 2.17. The first kappa shape index (κ1) is 15.2. The summed E-state index contributed by atoms with van der Waals surface area (Å²) in [4.78, 5) is 35.9. The molecule has 2 unspecified atom stereocenters. The van der Waals surface area contributed by atoms with E-state index < -0.39 is 12.0 Å². The molecule has 6 heteroatoms. The third-order valence-electron chi connectivity index (χ3n) is 3.25. The van der Waals surface area contributed by atoms with Crippen molar-refractivity contribution in [2.24, 2.45) is 5.92 Å². The Morgan fingerprint density at radius 1 is 1.53 bits per heavy atom. The largest absolute Gasteiger partial charge is 0.480 e. The molecule has 0 bridgehead atoms. The van der Waals surface area contributed by atoms with Gasteiger partial charge >= 0.3 is 5.97 Å². The fourth-order valence-corrected chi connectivity index (χ4v) is 2.15. The lowest BCUT2D eigenvalue weighted by Gasteiger charge is -2.31. The molecule has 6 nitrogen and oxygen atoms in total. The van der Waals surface area contributed by atoms with E-state index in [2.05, 4.69) is 11.9 Å². The predicted octanol–water partition coefficient (Wildman–Crippen LogP) is 0.390. The SMILES string of the molecule is C=CCC(NC(=O)C1CCCN(C(C)=O)C1)C(=O)O. The second-order valence-electron chi connectivity index (χ2n) is 4.73. The Hall–Kier alpha value is -1.85. The molecule has 2 atom stereocenters. The van der Waals surface area contributed by atoms with E-state index >= 15 is 0 Å². The summed E-state index contributed by atoms with van der Waals surface area (Å²) in [5, 5.41) is 11.5. The number of carboxylic acid groups (broad SMARTS) is 1. The van der Waals surface area contributed by atoms with Gasteiger partial charge in [-0.15, -0.1) is 6.58 Å². The molecule has 2 amide bonds. The Labute approximate surface area is 112 Å². The summed E-state index contributed by atoms with van der Waals surface area (Å²) in [5.74, 6) is -1.77. The number of hydrogen-bond donors (Lipinski definition) is 2. The van der Waals surface area contributed by atoms with Crippen LogP contribution in [0, 0.1) is 5.92 Å². The highest BCUT2D eigenvalue weighted by atomic mass is 16.4. The number of nitrogens with one attached hydrogen (secondary N) is 1. The van der Waals surface area contributed by atoms with Gasteiger partial charge in [0.05, 0.1) is 5.92 Å². The third-order valence-corrected chi connectivity index (χ3v) is 3.25. The average Bonchev–Trinajstić information content (AvgIpc) is 2.38. The maximum Gasteiger partial charge on any atom is 0.326 e. The Morgan fingerprint density at radius 2 is 2.21 bits per heavy atom. The van der Waals surface area contributed by atoms with Crippen molar-refractivity contribution in [3.05, 3.63) is 12.7 Å². The van der Waals surface area contributed by atoms with Gasteiger partial charge in [0.2, 0.25) is 11.8 Å². The fourth-order valence-electron chi connectivity index (χ4n) is 2.15. The van der Waals surface area contributed by atoms with Crippen LogP contribution in [0.1, 0.15) is 26.2 Å². The van der Waals surface area contributed by atoms with Crippen LogP contribution in [0.25, 0.3) is 0 Å². The molecule has 19 heavy (non-hydrogen) atoms. The zero-order chi connectivity index (χ0) is 14.4. The van der Waals surface area contributed by atoms with Crippen LogP contribution in [0.15, 0.2) is 12.7 Å². The van der Waals surface area contributed by atoms with Gasteiger partial charge in [-0.1, -0.05) is 6.08 Å². The van der Waals surface area contributed by atoms with Crippen molar-refractivity contribution in [2.45, 2.75) is 32.2 Å². The van der Waals surface area contributed by atoms with Crippen molar-refractivity contribution < 1.29 is 19.5 Å². The Bertz CT molecular complexity index is 381. The molecular weight excluding hydrogens is 248 g/mol. The molecule has 0 aromatic rings. The van der Waals surface area contributed by atoms with E-state index in [1.807, 2.05) is 0 Å². The van der Waals surface area contributed by atoms with E-state index in [1.165, 1.54) is 13.0 Å². The highest BCUT2D eigenvalue weighted by Gasteiger charge is 2.29. The van der Waals surface area contributed by atoms with E-state index in [0.29, 0.717) is 19.5 Å². The molecule has 1 rings (SSSR count). The van der Waals surface area contributed by atoms with Crippen LogP contribution in [0.2, 0.25) is 0 Å². The lowest BCUT2D eigenvalue weighted by molar-refractivity contribution is -0.143. The summed E-state index contributed by atoms with van der Waals surface area (Å²) in [6.07, 6.45) is 3.08. The summed E-state index contributed by atoms with van der Waals surface area (Å²) in [6.45, 7) is 5.96. The topological polar surface area (TPSA) is 86.7 Å². The quantitative estimate of drug-likeness (QED) is 0.706. The van der Waals surface area contributed by atoms with Crippen molar-refractivity contribution in [1.29, 1.82) is 0 Å². The molecule has 0 saturated carbocycles. The number of carbonyl (C=O) groups is 3. The molecule has 0 aliphatic carbocycles. The molecular formula is C13H20N2O4. The molecule has 2 N–H and O–H groups in total. The summed E-state index contributed by atoms with van der Waals surface area (Å²) < 4.78 is 0. The number of nitrogens with zero attached hydrogens (tertiary/aromatic N) is 1. The average molecular weight is 268 g/mol. The van der Waals surface area contributed by atoms with Gasteiger partial charge in [0.1, 0.15) is 6.04 Å². The zero-order valence-corrected chi connectivity index (χ0v) is 11.1. The smallest absolute Gasteiger partial charge is 0.326 e. The number of rotatable bonds is 5. The van der Waals surface area contributed by atoms with E-state index in [1.54, 1.807) is 4.90 Å². The molecule has 1 aliphatic heterocycles. The normalized spacial score (nSPS) is 20.5. The number of hydrogen-bond acceptors (Lipinski definition) is 3. The van der Waals surface area contributed by atoms with Crippen LogP contribution < -0.4 is 5.32 Å². The molecule has 0 radical (unpaired) electrons. The van der Waals surface area contributed by atoms with Gasteiger partial charge < -0.3 is 15.3 Å². The van der Waals surface area contributed by atoms with Gasteiger partial charge in [0.15, 0.2) is 0 Å². The Kier molecular flexibility index (Phi) is 5.54. The molecule has 106 valence electrons. The van der Waals surface area contributed by atoms with Crippen molar-refractivity contribution in [1.82, 2.24) is 10.2 Å². The van der Waals surface area contributed by atoms with E-state index in [-0.39, 0.29) is 24.2 Å². The first-order valence-corrected chi connectivity index (χ1v) is 6.35. The van der Waals surface area contributed by atoms with Gasteiger partial charge in [-0.25, -0.2) is 4.79 Å². The standard InChI is InChI=1S/C13H20N2O4/c1-3-5-11(13(18)19)14-12(17)10-6-4-7-15(8-10)9(2)16/h3,10-11H,1,4-8H2,2H3,(H,14,17)(H,18,19). The van der Waals surface area contributed by atoms with Gasteiger partial charge in [-0.3, -0.25) is 9.59 Å². The lowest BCUT2D eigenvalue weighted by Crippen LogP contribution is -2.48. The van der Waals surface area contributed by atoms with Crippen LogP contribution in [0.3, 0.4) is 0 Å². The molecule has 1 fully saturated rings. The van der Waals surface area contributed by atoms with E-state index in [0.717, 1.165) is 6.42 Å². The maximum atomic E-state index is 12.0. The van der Waals surface area contributed by atoms with Gasteiger partial charge in [0, 0.05) is 20.0 Å². The number of carbonyl (C=O) groups excluding carboxylic acids is 2. The molecule has 0 spiro atoms. The molecule has 1 heterocycles. The first-order chi connectivity index (χ1) is 8.95. The Morgan fingerprint density at radius 3 is 2.74 bits per heavy atom. The number of carboxylic acids is 1. The predicted molar refractivity (Wildman–Crippen MR) is 69.4 cm³/mol. The first-order valence-electron chi connectivity index (χ1n) is 6.35. The van der Waals surface area contributed by atoms with Gasteiger partial charge in [0.25, 0.3) is 0 Å². The highest BCUT2D eigenvalue weighted by molar-refractivity contribution is 5.85. The maximum absolute atomic E-state index is 12.0. The monoisotopic (exact) mass is 268 g/mol. The summed E-state index contributed by atoms with van der Waals surface area (Å²) in [5.41, 5.74) is 0. The van der Waals surface area contributed by atoms with Crippen LogP contribution in [-0.4, -0.2) is 46.9 Å². The summed E-state index contributed by atoms with van der Waals surface area (Å²) >= 11 is 0. The molecule has 0 aromatic heterocycles. The van der Waals surface area contributed by atoms with Crippen LogP contribution >= 0.6 is 0 Å². The Balaban J connectivity index is 2.58. The van der Waals surface area contributed by atoms with Gasteiger partial charge in [-0.05, 0) is 19.3 Å². The molecule has 0 aromatic carbocycles.